The zero-order chi connectivity index (χ0) is 12.5. The smallest absolute Gasteiger partial charge is 0.0362 e. The van der Waals surface area contributed by atoms with Gasteiger partial charge in [-0.1, -0.05) is 26.7 Å². The first-order valence-corrected chi connectivity index (χ1v) is 7.61. The van der Waals surface area contributed by atoms with Gasteiger partial charge in [0.05, 0.1) is 0 Å². The van der Waals surface area contributed by atoms with Gasteiger partial charge in [0.1, 0.15) is 0 Å². The molecular formula is C15H30N2. The molecule has 1 aliphatic heterocycles. The first-order chi connectivity index (χ1) is 8.14. The van der Waals surface area contributed by atoms with Crippen LogP contribution in [0.15, 0.2) is 0 Å². The van der Waals surface area contributed by atoms with Crippen LogP contribution in [-0.2, 0) is 0 Å². The summed E-state index contributed by atoms with van der Waals surface area (Å²) in [6, 6.07) is 0.731. The zero-order valence-corrected chi connectivity index (χ0v) is 11.9. The van der Waals surface area contributed by atoms with Gasteiger partial charge < -0.3 is 5.73 Å². The average Bonchev–Trinajstić information content (AvgIpc) is 2.72. The van der Waals surface area contributed by atoms with Crippen molar-refractivity contribution >= 4 is 0 Å². The molecule has 2 heteroatoms. The average molecular weight is 238 g/mol. The molecule has 1 saturated heterocycles. The van der Waals surface area contributed by atoms with E-state index in [4.69, 9.17) is 5.73 Å². The maximum atomic E-state index is 6.22. The molecule has 1 saturated carbocycles. The lowest BCUT2D eigenvalue weighted by molar-refractivity contribution is -0.0103. The number of nitrogens with zero attached hydrogens (tertiary/aromatic N) is 1. The third-order valence-electron chi connectivity index (χ3n) is 5.48. The lowest BCUT2D eigenvalue weighted by Gasteiger charge is -2.51. The summed E-state index contributed by atoms with van der Waals surface area (Å²) >= 11 is 0. The van der Waals surface area contributed by atoms with Crippen LogP contribution in [0.2, 0.25) is 0 Å². The van der Waals surface area contributed by atoms with Crippen molar-refractivity contribution in [2.45, 2.75) is 70.9 Å². The molecular weight excluding hydrogens is 208 g/mol. The lowest BCUT2D eigenvalue weighted by atomic mass is 9.79. The van der Waals surface area contributed by atoms with Gasteiger partial charge in [-0.3, -0.25) is 4.90 Å². The first-order valence-electron chi connectivity index (χ1n) is 7.61. The van der Waals surface area contributed by atoms with Crippen molar-refractivity contribution in [3.8, 4) is 0 Å². The fourth-order valence-corrected chi connectivity index (χ4v) is 4.54. The topological polar surface area (TPSA) is 29.3 Å². The summed E-state index contributed by atoms with van der Waals surface area (Å²) in [6.45, 7) is 9.30. The van der Waals surface area contributed by atoms with Crippen LogP contribution in [0.5, 0.6) is 0 Å². The number of rotatable bonds is 3. The van der Waals surface area contributed by atoms with Crippen molar-refractivity contribution < 1.29 is 0 Å². The maximum absolute atomic E-state index is 6.22. The normalized spacial score (nSPS) is 44.1. The quantitative estimate of drug-likeness (QED) is 0.819. The Morgan fingerprint density at radius 3 is 2.65 bits per heavy atom. The van der Waals surface area contributed by atoms with E-state index >= 15 is 0 Å². The molecule has 2 rings (SSSR count). The number of nitrogens with two attached hydrogens (primary N) is 1. The van der Waals surface area contributed by atoms with Gasteiger partial charge in [-0.2, -0.15) is 0 Å². The van der Waals surface area contributed by atoms with Crippen LogP contribution in [0.3, 0.4) is 0 Å². The van der Waals surface area contributed by atoms with Crippen molar-refractivity contribution in [1.29, 1.82) is 0 Å². The lowest BCUT2D eigenvalue weighted by Crippen LogP contribution is -2.61. The number of likely N-dealkylation sites (tertiary alicyclic amines) is 1. The molecule has 0 aromatic carbocycles. The van der Waals surface area contributed by atoms with E-state index in [1.165, 1.54) is 45.1 Å². The Morgan fingerprint density at radius 2 is 2.06 bits per heavy atom. The fraction of sp³-hybridized carbons (Fsp3) is 1.00. The van der Waals surface area contributed by atoms with E-state index in [0.717, 1.165) is 24.4 Å². The molecule has 2 aliphatic rings. The predicted octanol–water partition coefficient (Wildman–Crippen LogP) is 3.01. The Labute approximate surface area is 107 Å². The summed E-state index contributed by atoms with van der Waals surface area (Å²) in [5.74, 6) is 1.74. The van der Waals surface area contributed by atoms with Crippen LogP contribution in [-0.4, -0.2) is 29.6 Å². The van der Waals surface area contributed by atoms with Crippen LogP contribution >= 0.6 is 0 Å². The van der Waals surface area contributed by atoms with E-state index in [2.05, 4.69) is 25.7 Å². The molecule has 1 heterocycles. The summed E-state index contributed by atoms with van der Waals surface area (Å²) in [5, 5.41) is 0. The van der Waals surface area contributed by atoms with Gasteiger partial charge in [-0.15, -0.1) is 0 Å². The van der Waals surface area contributed by atoms with Gasteiger partial charge in [0.15, 0.2) is 0 Å². The highest BCUT2D eigenvalue weighted by atomic mass is 15.2. The second kappa shape index (κ2) is 5.27. The van der Waals surface area contributed by atoms with Crippen LogP contribution in [0.25, 0.3) is 0 Å². The SMILES string of the molecule is CCC1CCCC1(CN)N1CCC(C)CC1C. The highest BCUT2D eigenvalue weighted by Gasteiger charge is 2.47. The van der Waals surface area contributed by atoms with E-state index in [-0.39, 0.29) is 0 Å². The van der Waals surface area contributed by atoms with E-state index in [9.17, 15) is 0 Å². The van der Waals surface area contributed by atoms with Crippen LogP contribution in [0.4, 0.5) is 0 Å². The molecule has 0 spiro atoms. The molecule has 100 valence electrons. The first kappa shape index (κ1) is 13.4. The number of hydrogen-bond acceptors (Lipinski definition) is 2. The maximum Gasteiger partial charge on any atom is 0.0362 e. The molecule has 0 aromatic heterocycles. The Kier molecular flexibility index (Phi) is 4.14. The Bertz CT molecular complexity index is 253. The van der Waals surface area contributed by atoms with Crippen LogP contribution in [0.1, 0.15) is 59.3 Å². The third-order valence-corrected chi connectivity index (χ3v) is 5.48. The van der Waals surface area contributed by atoms with Gasteiger partial charge >= 0.3 is 0 Å². The minimum absolute atomic E-state index is 0.342. The molecule has 0 radical (unpaired) electrons. The summed E-state index contributed by atoms with van der Waals surface area (Å²) in [4.78, 5) is 2.79. The van der Waals surface area contributed by atoms with Gasteiger partial charge in [-0.05, 0) is 51.0 Å². The largest absolute Gasteiger partial charge is 0.329 e. The Hall–Kier alpha value is -0.0800. The second-order valence-electron chi connectivity index (χ2n) is 6.48. The fourth-order valence-electron chi connectivity index (χ4n) is 4.54. The number of hydrogen-bond donors (Lipinski definition) is 1. The van der Waals surface area contributed by atoms with E-state index in [1.807, 2.05) is 0 Å². The van der Waals surface area contributed by atoms with Gasteiger partial charge in [-0.25, -0.2) is 0 Å². The van der Waals surface area contributed by atoms with Crippen LogP contribution < -0.4 is 5.73 Å². The standard InChI is InChI=1S/C15H30N2/c1-4-14-6-5-8-15(14,11-16)17-9-7-12(2)10-13(17)3/h12-14H,4-11,16H2,1-3H3. The minimum atomic E-state index is 0.342. The number of piperidine rings is 1. The van der Waals surface area contributed by atoms with E-state index in [0.29, 0.717) is 5.54 Å². The molecule has 0 aromatic rings. The molecule has 0 amide bonds. The highest BCUT2D eigenvalue weighted by Crippen LogP contribution is 2.44. The van der Waals surface area contributed by atoms with Crippen molar-refractivity contribution in [1.82, 2.24) is 4.90 Å². The predicted molar refractivity (Wildman–Crippen MR) is 74.0 cm³/mol. The Balaban J connectivity index is 2.17. The molecule has 4 atom stereocenters. The summed E-state index contributed by atoms with van der Waals surface area (Å²) in [7, 11) is 0. The summed E-state index contributed by atoms with van der Waals surface area (Å²) in [5.41, 5.74) is 6.56. The molecule has 2 nitrogen and oxygen atoms in total. The van der Waals surface area contributed by atoms with Crippen molar-refractivity contribution in [2.24, 2.45) is 17.6 Å². The molecule has 2 N–H and O–H groups in total. The van der Waals surface area contributed by atoms with Gasteiger partial charge in [0, 0.05) is 18.1 Å². The van der Waals surface area contributed by atoms with Crippen molar-refractivity contribution in [2.75, 3.05) is 13.1 Å². The highest BCUT2D eigenvalue weighted by molar-refractivity contribution is 5.03. The van der Waals surface area contributed by atoms with Crippen LogP contribution in [0, 0.1) is 11.8 Å². The van der Waals surface area contributed by atoms with E-state index in [1.54, 1.807) is 0 Å². The van der Waals surface area contributed by atoms with E-state index < -0.39 is 0 Å². The summed E-state index contributed by atoms with van der Waals surface area (Å²) in [6.07, 6.45) is 8.14. The molecule has 2 fully saturated rings. The summed E-state index contributed by atoms with van der Waals surface area (Å²) < 4.78 is 0. The second-order valence-corrected chi connectivity index (χ2v) is 6.48. The van der Waals surface area contributed by atoms with Crippen molar-refractivity contribution in [3.05, 3.63) is 0 Å². The third kappa shape index (κ3) is 2.26. The Morgan fingerprint density at radius 1 is 1.29 bits per heavy atom. The minimum Gasteiger partial charge on any atom is -0.329 e. The monoisotopic (exact) mass is 238 g/mol. The molecule has 4 unspecified atom stereocenters. The molecule has 17 heavy (non-hydrogen) atoms. The van der Waals surface area contributed by atoms with Crippen molar-refractivity contribution in [3.63, 3.8) is 0 Å². The molecule has 1 aliphatic carbocycles. The van der Waals surface area contributed by atoms with Gasteiger partial charge in [0.2, 0.25) is 0 Å². The van der Waals surface area contributed by atoms with Gasteiger partial charge in [0.25, 0.3) is 0 Å². The molecule has 0 bridgehead atoms. The zero-order valence-electron chi connectivity index (χ0n) is 11.9.